The van der Waals surface area contributed by atoms with E-state index in [2.05, 4.69) is 10.3 Å². The van der Waals surface area contributed by atoms with E-state index in [-0.39, 0.29) is 24.2 Å². The van der Waals surface area contributed by atoms with E-state index in [0.29, 0.717) is 18.1 Å². The molecule has 0 spiro atoms. The van der Waals surface area contributed by atoms with Crippen LogP contribution in [-0.4, -0.2) is 47.1 Å². The lowest BCUT2D eigenvalue weighted by molar-refractivity contribution is -0.117. The number of carbonyl (C=O) groups is 1. The zero-order valence-corrected chi connectivity index (χ0v) is 14.1. The first kappa shape index (κ1) is 17.0. The Bertz CT molecular complexity index is 689. The van der Waals surface area contributed by atoms with Crippen molar-refractivity contribution in [2.24, 2.45) is 5.92 Å². The van der Waals surface area contributed by atoms with Gasteiger partial charge in [0.25, 0.3) is 0 Å². The molecule has 1 aromatic heterocycles. The molecule has 2 heterocycles. The van der Waals surface area contributed by atoms with Gasteiger partial charge in [0.05, 0.1) is 6.54 Å². The molecule has 1 atom stereocenters. The van der Waals surface area contributed by atoms with Gasteiger partial charge in [0.1, 0.15) is 5.82 Å². The van der Waals surface area contributed by atoms with Crippen LogP contribution in [0.1, 0.15) is 16.9 Å². The van der Waals surface area contributed by atoms with Crippen molar-refractivity contribution in [2.45, 2.75) is 12.8 Å². The Morgan fingerprint density at radius 3 is 2.92 bits per heavy atom. The van der Waals surface area contributed by atoms with Gasteiger partial charge in [-0.05, 0) is 36.6 Å². The topological polar surface area (TPSA) is 65.5 Å². The number of hydrogen-bond donors (Lipinski definition) is 2. The standard InChI is InChI=1S/C17H20FN3O2S/c18-14-3-1-12(2-4-14)7-15-8-19-17(24-15)20-16(23)10-21-6-5-13(9-21)11-22/h1-4,8,13,22H,5-7,9-11H2,(H,19,20,23). The van der Waals surface area contributed by atoms with Crippen LogP contribution in [0.3, 0.4) is 0 Å². The van der Waals surface area contributed by atoms with Crippen LogP contribution in [0.2, 0.25) is 0 Å². The number of thiazole rings is 1. The van der Waals surface area contributed by atoms with E-state index >= 15 is 0 Å². The summed E-state index contributed by atoms with van der Waals surface area (Å²) in [5, 5.41) is 12.5. The minimum absolute atomic E-state index is 0.0868. The molecule has 1 aliphatic rings. The van der Waals surface area contributed by atoms with E-state index in [9.17, 15) is 9.18 Å². The van der Waals surface area contributed by atoms with Crippen LogP contribution in [0.25, 0.3) is 0 Å². The third-order valence-corrected chi connectivity index (χ3v) is 5.00. The van der Waals surface area contributed by atoms with Crippen molar-refractivity contribution in [3.8, 4) is 0 Å². The molecule has 0 aliphatic carbocycles. The van der Waals surface area contributed by atoms with Crippen molar-refractivity contribution < 1.29 is 14.3 Å². The van der Waals surface area contributed by atoms with Crippen LogP contribution in [-0.2, 0) is 11.2 Å². The summed E-state index contributed by atoms with van der Waals surface area (Å²) >= 11 is 1.43. The van der Waals surface area contributed by atoms with E-state index < -0.39 is 0 Å². The van der Waals surface area contributed by atoms with Crippen LogP contribution >= 0.6 is 11.3 Å². The monoisotopic (exact) mass is 349 g/mol. The van der Waals surface area contributed by atoms with E-state index in [1.165, 1.54) is 23.5 Å². The van der Waals surface area contributed by atoms with Crippen molar-refractivity contribution in [1.29, 1.82) is 0 Å². The minimum Gasteiger partial charge on any atom is -0.396 e. The number of aliphatic hydroxyl groups is 1. The van der Waals surface area contributed by atoms with Crippen molar-refractivity contribution >= 4 is 22.4 Å². The Labute approximate surface area is 144 Å². The van der Waals surface area contributed by atoms with Gasteiger partial charge in [-0.1, -0.05) is 12.1 Å². The lowest BCUT2D eigenvalue weighted by Crippen LogP contribution is -2.31. The highest BCUT2D eigenvalue weighted by Crippen LogP contribution is 2.22. The molecule has 2 aromatic rings. The molecule has 7 heteroatoms. The summed E-state index contributed by atoms with van der Waals surface area (Å²) in [6.45, 7) is 2.10. The first-order valence-electron chi connectivity index (χ1n) is 7.94. The summed E-state index contributed by atoms with van der Waals surface area (Å²) in [6.07, 6.45) is 3.34. The van der Waals surface area contributed by atoms with Crippen LogP contribution in [0, 0.1) is 11.7 Å². The summed E-state index contributed by atoms with van der Waals surface area (Å²) in [5.41, 5.74) is 1.00. The summed E-state index contributed by atoms with van der Waals surface area (Å²) in [4.78, 5) is 19.4. The summed E-state index contributed by atoms with van der Waals surface area (Å²) in [7, 11) is 0. The third-order valence-electron chi connectivity index (χ3n) is 4.09. The van der Waals surface area contributed by atoms with Crippen molar-refractivity contribution in [3.63, 3.8) is 0 Å². The molecular weight excluding hydrogens is 329 g/mol. The fourth-order valence-electron chi connectivity index (χ4n) is 2.82. The molecule has 1 aromatic carbocycles. The van der Waals surface area contributed by atoms with Gasteiger partial charge in [0.2, 0.25) is 5.91 Å². The van der Waals surface area contributed by atoms with Crippen LogP contribution < -0.4 is 5.32 Å². The predicted octanol–water partition coefficient (Wildman–Crippen LogP) is 2.13. The molecule has 2 N–H and O–H groups in total. The maximum Gasteiger partial charge on any atom is 0.240 e. The van der Waals surface area contributed by atoms with Crippen molar-refractivity contribution in [3.05, 3.63) is 46.7 Å². The van der Waals surface area contributed by atoms with Crippen molar-refractivity contribution in [2.75, 3.05) is 31.6 Å². The number of nitrogens with one attached hydrogen (secondary N) is 1. The Hall–Kier alpha value is -1.83. The van der Waals surface area contributed by atoms with Crippen LogP contribution in [0.5, 0.6) is 0 Å². The number of amides is 1. The number of nitrogens with zero attached hydrogens (tertiary/aromatic N) is 2. The molecule has 1 amide bonds. The fourth-order valence-corrected chi connectivity index (χ4v) is 3.68. The number of likely N-dealkylation sites (tertiary alicyclic amines) is 1. The van der Waals surface area contributed by atoms with E-state index in [1.54, 1.807) is 18.3 Å². The highest BCUT2D eigenvalue weighted by molar-refractivity contribution is 7.15. The van der Waals surface area contributed by atoms with E-state index in [0.717, 1.165) is 30.0 Å². The number of carbonyl (C=O) groups excluding carboxylic acids is 1. The molecule has 3 rings (SSSR count). The smallest absolute Gasteiger partial charge is 0.240 e. The zero-order chi connectivity index (χ0) is 16.9. The number of rotatable bonds is 6. The largest absolute Gasteiger partial charge is 0.396 e. The van der Waals surface area contributed by atoms with Gasteiger partial charge in [-0.25, -0.2) is 9.37 Å². The normalized spacial score (nSPS) is 18.0. The van der Waals surface area contributed by atoms with Crippen LogP contribution in [0.15, 0.2) is 30.5 Å². The first-order valence-corrected chi connectivity index (χ1v) is 8.76. The number of hydrogen-bond acceptors (Lipinski definition) is 5. The van der Waals surface area contributed by atoms with Gasteiger partial charge in [-0.2, -0.15) is 0 Å². The molecule has 1 fully saturated rings. The van der Waals surface area contributed by atoms with Gasteiger partial charge in [-0.15, -0.1) is 11.3 Å². The Balaban J connectivity index is 1.50. The maximum absolute atomic E-state index is 12.9. The minimum atomic E-state index is -0.249. The highest BCUT2D eigenvalue weighted by Gasteiger charge is 2.23. The summed E-state index contributed by atoms with van der Waals surface area (Å²) in [5.74, 6) is -0.0578. The first-order chi connectivity index (χ1) is 11.6. The maximum atomic E-state index is 12.9. The second kappa shape index (κ2) is 7.83. The second-order valence-corrected chi connectivity index (χ2v) is 7.17. The Kier molecular flexibility index (Phi) is 5.55. The van der Waals surface area contributed by atoms with E-state index in [1.807, 2.05) is 4.90 Å². The lowest BCUT2D eigenvalue weighted by Gasteiger charge is -2.14. The highest BCUT2D eigenvalue weighted by atomic mass is 32.1. The van der Waals surface area contributed by atoms with Gasteiger partial charge in [-0.3, -0.25) is 9.69 Å². The van der Waals surface area contributed by atoms with Gasteiger partial charge < -0.3 is 10.4 Å². The molecule has 1 unspecified atom stereocenters. The Morgan fingerprint density at radius 1 is 1.42 bits per heavy atom. The number of benzene rings is 1. The predicted molar refractivity (Wildman–Crippen MR) is 91.6 cm³/mol. The molecule has 1 saturated heterocycles. The summed E-state index contributed by atoms with van der Waals surface area (Å²) < 4.78 is 12.9. The SMILES string of the molecule is O=C(CN1CCC(CO)C1)Nc1ncc(Cc2ccc(F)cc2)s1. The molecule has 0 bridgehead atoms. The van der Waals surface area contributed by atoms with Crippen molar-refractivity contribution in [1.82, 2.24) is 9.88 Å². The number of anilines is 1. The van der Waals surface area contributed by atoms with Gasteiger partial charge >= 0.3 is 0 Å². The Morgan fingerprint density at radius 2 is 2.21 bits per heavy atom. The van der Waals surface area contributed by atoms with E-state index in [4.69, 9.17) is 5.11 Å². The molecule has 5 nitrogen and oxygen atoms in total. The average Bonchev–Trinajstić information content (AvgIpc) is 3.19. The van der Waals surface area contributed by atoms with Crippen LogP contribution in [0.4, 0.5) is 9.52 Å². The number of aromatic nitrogens is 1. The molecular formula is C17H20FN3O2S. The molecule has 0 radical (unpaired) electrons. The van der Waals surface area contributed by atoms with Gasteiger partial charge in [0.15, 0.2) is 5.13 Å². The fraction of sp³-hybridized carbons (Fsp3) is 0.412. The second-order valence-electron chi connectivity index (χ2n) is 6.06. The average molecular weight is 349 g/mol. The third kappa shape index (κ3) is 4.59. The molecule has 128 valence electrons. The lowest BCUT2D eigenvalue weighted by atomic mass is 10.1. The molecule has 24 heavy (non-hydrogen) atoms. The quantitative estimate of drug-likeness (QED) is 0.838. The zero-order valence-electron chi connectivity index (χ0n) is 13.2. The molecule has 1 aliphatic heterocycles. The number of halogens is 1. The summed E-state index contributed by atoms with van der Waals surface area (Å²) in [6, 6.07) is 6.38. The molecule has 0 saturated carbocycles. The van der Waals surface area contributed by atoms with Gasteiger partial charge in [0, 0.05) is 30.6 Å². The number of aliphatic hydroxyl groups excluding tert-OH is 1.